The predicted octanol–water partition coefficient (Wildman–Crippen LogP) is 3.18. The zero-order valence-electron chi connectivity index (χ0n) is 8.91. The normalized spacial score (nSPS) is 10.6. The highest BCUT2D eigenvalue weighted by Crippen LogP contribution is 2.08. The molecule has 0 rings (SSSR count). The average molecular weight is 195 g/mol. The van der Waals surface area contributed by atoms with Crippen LogP contribution in [0.4, 0.5) is 0 Å². The van der Waals surface area contributed by atoms with Gasteiger partial charge in [-0.15, -0.1) is 0 Å². The van der Waals surface area contributed by atoms with Gasteiger partial charge in [-0.2, -0.15) is 5.26 Å². The average Bonchev–Trinajstić information content (AvgIpc) is 2.21. The Bertz CT molecular complexity index is 170. The highest BCUT2D eigenvalue weighted by molar-refractivity contribution is 5.01. The van der Waals surface area contributed by atoms with Crippen molar-refractivity contribution in [3.8, 4) is 6.07 Å². The Labute approximate surface area is 87.3 Å². The molecule has 0 fully saturated rings. The van der Waals surface area contributed by atoms with Crippen LogP contribution >= 0.6 is 0 Å². The van der Waals surface area contributed by atoms with E-state index < -0.39 is 0 Å². The fourth-order valence-corrected chi connectivity index (χ4v) is 1.39. The quantitative estimate of drug-likeness (QED) is 0.453. The summed E-state index contributed by atoms with van der Waals surface area (Å²) in [6.07, 6.45) is 12.9. The van der Waals surface area contributed by atoms with Crippen LogP contribution in [0, 0.1) is 11.3 Å². The lowest BCUT2D eigenvalue weighted by Crippen LogP contribution is -1.83. The molecule has 0 saturated heterocycles. The summed E-state index contributed by atoms with van der Waals surface area (Å²) in [4.78, 5) is 0. The first-order valence-electron chi connectivity index (χ1n) is 5.57. The molecule has 80 valence electrons. The molecule has 1 N–H and O–H groups in total. The summed E-state index contributed by atoms with van der Waals surface area (Å²) in [5, 5.41) is 16.8. The maximum absolute atomic E-state index is 8.56. The molecule has 0 aromatic carbocycles. The number of hydrogen-bond acceptors (Lipinski definition) is 2. The molecule has 0 bridgehead atoms. The SMILES string of the molecule is N#C/C=C\CCCCCCCCCO. The summed E-state index contributed by atoms with van der Waals surface area (Å²) in [5.41, 5.74) is 0. The molecule has 0 amide bonds. The van der Waals surface area contributed by atoms with Crippen LogP contribution < -0.4 is 0 Å². The van der Waals surface area contributed by atoms with E-state index in [1.807, 2.05) is 12.1 Å². The standard InChI is InChI=1S/C12H21NO/c13-11-9-7-5-3-1-2-4-6-8-10-12-14/h7,9,14H,1-6,8,10,12H2/b9-7-. The zero-order valence-corrected chi connectivity index (χ0v) is 8.91. The Morgan fingerprint density at radius 3 is 2.07 bits per heavy atom. The van der Waals surface area contributed by atoms with Crippen LogP contribution in [0.25, 0.3) is 0 Å². The van der Waals surface area contributed by atoms with Gasteiger partial charge in [0.2, 0.25) is 0 Å². The lowest BCUT2D eigenvalue weighted by molar-refractivity contribution is 0.282. The van der Waals surface area contributed by atoms with Crippen molar-refractivity contribution in [1.82, 2.24) is 0 Å². The second kappa shape index (κ2) is 12.2. The lowest BCUT2D eigenvalue weighted by Gasteiger charge is -1.99. The first kappa shape index (κ1) is 13.2. The van der Waals surface area contributed by atoms with Crippen molar-refractivity contribution in [3.63, 3.8) is 0 Å². The van der Waals surface area contributed by atoms with Crippen LogP contribution in [0.15, 0.2) is 12.2 Å². The van der Waals surface area contributed by atoms with Gasteiger partial charge >= 0.3 is 0 Å². The van der Waals surface area contributed by atoms with E-state index in [-0.39, 0.29) is 0 Å². The lowest BCUT2D eigenvalue weighted by atomic mass is 10.1. The Kier molecular flexibility index (Phi) is 11.5. The molecule has 0 aliphatic heterocycles. The highest BCUT2D eigenvalue weighted by atomic mass is 16.2. The summed E-state index contributed by atoms with van der Waals surface area (Å²) in [7, 11) is 0. The maximum Gasteiger partial charge on any atom is 0.0908 e. The van der Waals surface area contributed by atoms with Crippen LogP contribution in [0.1, 0.15) is 51.4 Å². The molecule has 2 nitrogen and oxygen atoms in total. The van der Waals surface area contributed by atoms with Gasteiger partial charge < -0.3 is 5.11 Å². The van der Waals surface area contributed by atoms with Crippen molar-refractivity contribution in [3.05, 3.63) is 12.2 Å². The van der Waals surface area contributed by atoms with E-state index in [1.165, 1.54) is 32.1 Å². The molecule has 0 aliphatic carbocycles. The van der Waals surface area contributed by atoms with Crippen molar-refractivity contribution in [2.75, 3.05) is 6.61 Å². The van der Waals surface area contributed by atoms with E-state index in [1.54, 1.807) is 6.08 Å². The van der Waals surface area contributed by atoms with E-state index >= 15 is 0 Å². The Morgan fingerprint density at radius 2 is 1.50 bits per heavy atom. The first-order valence-corrected chi connectivity index (χ1v) is 5.57. The summed E-state index contributed by atoms with van der Waals surface area (Å²) >= 11 is 0. The third-order valence-corrected chi connectivity index (χ3v) is 2.22. The number of rotatable bonds is 9. The van der Waals surface area contributed by atoms with Crippen molar-refractivity contribution >= 4 is 0 Å². The number of nitriles is 1. The molecule has 0 aromatic rings. The Morgan fingerprint density at radius 1 is 0.929 bits per heavy atom. The van der Waals surface area contributed by atoms with Gasteiger partial charge in [-0.25, -0.2) is 0 Å². The molecular formula is C12H21NO. The Hall–Kier alpha value is -0.810. The minimum Gasteiger partial charge on any atom is -0.396 e. The van der Waals surface area contributed by atoms with Gasteiger partial charge in [0.25, 0.3) is 0 Å². The van der Waals surface area contributed by atoms with Crippen LogP contribution in [-0.2, 0) is 0 Å². The van der Waals surface area contributed by atoms with Crippen molar-refractivity contribution in [2.45, 2.75) is 51.4 Å². The van der Waals surface area contributed by atoms with Gasteiger partial charge in [-0.3, -0.25) is 0 Å². The highest BCUT2D eigenvalue weighted by Gasteiger charge is 1.90. The monoisotopic (exact) mass is 195 g/mol. The summed E-state index contributed by atoms with van der Waals surface area (Å²) in [5.74, 6) is 0. The second-order valence-corrected chi connectivity index (χ2v) is 3.52. The van der Waals surface area contributed by atoms with E-state index in [4.69, 9.17) is 10.4 Å². The summed E-state index contributed by atoms with van der Waals surface area (Å²) < 4.78 is 0. The molecule has 0 aromatic heterocycles. The number of aliphatic hydroxyl groups is 1. The van der Waals surface area contributed by atoms with E-state index in [9.17, 15) is 0 Å². The number of allylic oxidation sites excluding steroid dienone is 2. The van der Waals surface area contributed by atoms with Crippen LogP contribution in [0.3, 0.4) is 0 Å². The van der Waals surface area contributed by atoms with Crippen LogP contribution in [-0.4, -0.2) is 11.7 Å². The minimum atomic E-state index is 0.332. The predicted molar refractivity (Wildman–Crippen MR) is 58.8 cm³/mol. The van der Waals surface area contributed by atoms with E-state index in [0.29, 0.717) is 6.61 Å². The fraction of sp³-hybridized carbons (Fsp3) is 0.750. The van der Waals surface area contributed by atoms with Gasteiger partial charge in [0.05, 0.1) is 6.07 Å². The van der Waals surface area contributed by atoms with Gasteiger partial charge in [-0.05, 0) is 19.3 Å². The first-order chi connectivity index (χ1) is 6.91. The minimum absolute atomic E-state index is 0.332. The van der Waals surface area contributed by atoms with Crippen molar-refractivity contribution < 1.29 is 5.11 Å². The van der Waals surface area contributed by atoms with Gasteiger partial charge in [-0.1, -0.05) is 38.2 Å². The number of aliphatic hydroxyl groups excluding tert-OH is 1. The number of nitrogens with zero attached hydrogens (tertiary/aromatic N) is 1. The van der Waals surface area contributed by atoms with Gasteiger partial charge in [0, 0.05) is 12.7 Å². The molecule has 0 unspecified atom stereocenters. The smallest absolute Gasteiger partial charge is 0.0908 e. The molecule has 2 heteroatoms. The van der Waals surface area contributed by atoms with Crippen LogP contribution in [0.5, 0.6) is 0 Å². The van der Waals surface area contributed by atoms with E-state index in [0.717, 1.165) is 19.3 Å². The van der Waals surface area contributed by atoms with Gasteiger partial charge in [0.15, 0.2) is 0 Å². The van der Waals surface area contributed by atoms with Gasteiger partial charge in [0.1, 0.15) is 0 Å². The summed E-state index contributed by atoms with van der Waals surface area (Å²) in [6.45, 7) is 0.332. The van der Waals surface area contributed by atoms with Crippen molar-refractivity contribution in [2.24, 2.45) is 0 Å². The molecule has 14 heavy (non-hydrogen) atoms. The summed E-state index contributed by atoms with van der Waals surface area (Å²) in [6, 6.07) is 1.99. The molecule has 0 spiro atoms. The number of unbranched alkanes of at least 4 members (excludes halogenated alkanes) is 7. The van der Waals surface area contributed by atoms with Crippen LogP contribution in [0.2, 0.25) is 0 Å². The molecule has 0 aliphatic rings. The topological polar surface area (TPSA) is 44.0 Å². The molecular weight excluding hydrogens is 174 g/mol. The van der Waals surface area contributed by atoms with Crippen molar-refractivity contribution in [1.29, 1.82) is 5.26 Å². The van der Waals surface area contributed by atoms with E-state index in [2.05, 4.69) is 0 Å². The molecule has 0 heterocycles. The molecule has 0 saturated carbocycles. The maximum atomic E-state index is 8.56. The zero-order chi connectivity index (χ0) is 10.5. The second-order valence-electron chi connectivity index (χ2n) is 3.52. The third kappa shape index (κ3) is 11.2. The fourth-order valence-electron chi connectivity index (χ4n) is 1.39. The molecule has 0 radical (unpaired) electrons. The largest absolute Gasteiger partial charge is 0.396 e. The third-order valence-electron chi connectivity index (χ3n) is 2.22. The number of hydrogen-bond donors (Lipinski definition) is 1. The Balaban J connectivity index is 2.93. The molecule has 0 atom stereocenters.